The molecule has 0 heterocycles. The SMILES string of the molecule is Cc1cccc(COc2ccc(Cl)cc2C=NN=C(N)N)c1. The van der Waals surface area contributed by atoms with Crippen LogP contribution in [0, 0.1) is 6.92 Å². The zero-order chi connectivity index (χ0) is 15.9. The Balaban J connectivity index is 2.16. The van der Waals surface area contributed by atoms with E-state index in [1.54, 1.807) is 18.2 Å². The number of nitrogens with zero attached hydrogens (tertiary/aromatic N) is 2. The molecule has 5 nitrogen and oxygen atoms in total. The lowest BCUT2D eigenvalue weighted by molar-refractivity contribution is 0.305. The number of rotatable bonds is 5. The minimum absolute atomic E-state index is 0.111. The van der Waals surface area contributed by atoms with E-state index in [0.29, 0.717) is 22.9 Å². The number of ether oxygens (including phenoxy) is 1. The summed E-state index contributed by atoms with van der Waals surface area (Å²) < 4.78 is 5.83. The number of guanidine groups is 1. The predicted molar refractivity (Wildman–Crippen MR) is 90.4 cm³/mol. The quantitative estimate of drug-likeness (QED) is 0.505. The van der Waals surface area contributed by atoms with E-state index < -0.39 is 0 Å². The summed E-state index contributed by atoms with van der Waals surface area (Å²) in [5, 5.41) is 7.93. The molecule has 0 aliphatic rings. The lowest BCUT2D eigenvalue weighted by Gasteiger charge is -2.10. The minimum Gasteiger partial charge on any atom is -0.488 e. The second-order valence-corrected chi connectivity index (χ2v) is 5.17. The third kappa shape index (κ3) is 4.79. The smallest absolute Gasteiger partial charge is 0.211 e. The zero-order valence-electron chi connectivity index (χ0n) is 12.2. The van der Waals surface area contributed by atoms with Gasteiger partial charge in [-0.2, -0.15) is 5.10 Å². The van der Waals surface area contributed by atoms with E-state index in [-0.39, 0.29) is 5.96 Å². The minimum atomic E-state index is -0.111. The monoisotopic (exact) mass is 316 g/mol. The average Bonchev–Trinajstić information content (AvgIpc) is 2.46. The summed E-state index contributed by atoms with van der Waals surface area (Å²) in [4.78, 5) is 0. The molecule has 114 valence electrons. The average molecular weight is 317 g/mol. The predicted octanol–water partition coefficient (Wildman–Crippen LogP) is 2.83. The van der Waals surface area contributed by atoms with Crippen molar-refractivity contribution in [2.45, 2.75) is 13.5 Å². The van der Waals surface area contributed by atoms with Crippen molar-refractivity contribution < 1.29 is 4.74 Å². The van der Waals surface area contributed by atoms with Crippen LogP contribution in [0.3, 0.4) is 0 Å². The molecule has 0 amide bonds. The molecule has 0 radical (unpaired) electrons. The van der Waals surface area contributed by atoms with E-state index in [2.05, 4.69) is 16.3 Å². The van der Waals surface area contributed by atoms with E-state index in [1.807, 2.05) is 25.1 Å². The molecule has 0 saturated carbocycles. The third-order valence-electron chi connectivity index (χ3n) is 2.82. The van der Waals surface area contributed by atoms with Gasteiger partial charge in [-0.15, -0.1) is 5.10 Å². The van der Waals surface area contributed by atoms with E-state index in [9.17, 15) is 0 Å². The molecular formula is C16H17ClN4O. The van der Waals surface area contributed by atoms with Crippen molar-refractivity contribution in [3.8, 4) is 5.75 Å². The van der Waals surface area contributed by atoms with Crippen LogP contribution in [0.15, 0.2) is 52.7 Å². The Kier molecular flexibility index (Phi) is 5.38. The highest BCUT2D eigenvalue weighted by atomic mass is 35.5. The topological polar surface area (TPSA) is 86.0 Å². The van der Waals surface area contributed by atoms with Crippen molar-refractivity contribution in [3.05, 3.63) is 64.2 Å². The summed E-state index contributed by atoms with van der Waals surface area (Å²) in [5.74, 6) is 0.543. The summed E-state index contributed by atoms with van der Waals surface area (Å²) in [7, 11) is 0. The van der Waals surface area contributed by atoms with Crippen molar-refractivity contribution in [3.63, 3.8) is 0 Å². The van der Waals surface area contributed by atoms with Gasteiger partial charge in [0.15, 0.2) is 0 Å². The molecule has 0 atom stereocenters. The van der Waals surface area contributed by atoms with Crippen LogP contribution in [0.5, 0.6) is 5.75 Å². The van der Waals surface area contributed by atoms with E-state index in [4.69, 9.17) is 27.8 Å². The van der Waals surface area contributed by atoms with Crippen molar-refractivity contribution in [2.75, 3.05) is 0 Å². The van der Waals surface area contributed by atoms with Gasteiger partial charge in [0.1, 0.15) is 12.4 Å². The first-order valence-corrected chi connectivity index (χ1v) is 7.02. The van der Waals surface area contributed by atoms with Gasteiger partial charge in [0.05, 0.1) is 6.21 Å². The van der Waals surface area contributed by atoms with Gasteiger partial charge in [-0.05, 0) is 30.7 Å². The highest BCUT2D eigenvalue weighted by Crippen LogP contribution is 2.22. The Morgan fingerprint density at radius 2 is 2.05 bits per heavy atom. The fourth-order valence-electron chi connectivity index (χ4n) is 1.87. The van der Waals surface area contributed by atoms with E-state index >= 15 is 0 Å². The number of nitrogens with two attached hydrogens (primary N) is 2. The maximum atomic E-state index is 5.99. The molecule has 0 fully saturated rings. The van der Waals surface area contributed by atoms with Gasteiger partial charge in [-0.25, -0.2) is 0 Å². The maximum absolute atomic E-state index is 5.99. The molecule has 0 saturated heterocycles. The van der Waals surface area contributed by atoms with Crippen LogP contribution < -0.4 is 16.2 Å². The summed E-state index contributed by atoms with van der Waals surface area (Å²) >= 11 is 5.99. The molecule has 0 aliphatic carbocycles. The first kappa shape index (κ1) is 15.9. The summed E-state index contributed by atoms with van der Waals surface area (Å²) in [6, 6.07) is 13.4. The zero-order valence-corrected chi connectivity index (χ0v) is 12.9. The molecule has 0 bridgehead atoms. The van der Waals surface area contributed by atoms with Crippen LogP contribution in [0.25, 0.3) is 0 Å². The molecule has 2 rings (SSSR count). The molecule has 0 aromatic heterocycles. The number of hydrogen-bond acceptors (Lipinski definition) is 3. The van der Waals surface area contributed by atoms with E-state index in [1.165, 1.54) is 11.8 Å². The lowest BCUT2D eigenvalue weighted by Crippen LogP contribution is -2.21. The van der Waals surface area contributed by atoms with Crippen LogP contribution in [0.4, 0.5) is 0 Å². The van der Waals surface area contributed by atoms with Gasteiger partial charge in [0.2, 0.25) is 5.96 Å². The normalized spacial score (nSPS) is 10.6. The van der Waals surface area contributed by atoms with Crippen LogP contribution in [0.2, 0.25) is 5.02 Å². The van der Waals surface area contributed by atoms with Crippen molar-refractivity contribution >= 4 is 23.8 Å². The third-order valence-corrected chi connectivity index (χ3v) is 3.05. The Morgan fingerprint density at radius 1 is 1.23 bits per heavy atom. The first-order chi connectivity index (χ1) is 10.5. The number of benzene rings is 2. The van der Waals surface area contributed by atoms with Crippen molar-refractivity contribution in [2.24, 2.45) is 21.7 Å². The van der Waals surface area contributed by atoms with Gasteiger partial charge in [0, 0.05) is 10.6 Å². The van der Waals surface area contributed by atoms with Crippen LogP contribution in [0.1, 0.15) is 16.7 Å². The van der Waals surface area contributed by atoms with Gasteiger partial charge < -0.3 is 16.2 Å². The molecule has 0 unspecified atom stereocenters. The first-order valence-electron chi connectivity index (χ1n) is 6.64. The standard InChI is InChI=1S/C16H17ClN4O/c1-11-3-2-4-12(7-11)10-22-15-6-5-14(17)8-13(15)9-20-21-16(18)19/h2-9H,10H2,1H3,(H4,18,19,21). The van der Waals surface area contributed by atoms with Gasteiger partial charge in [-0.3, -0.25) is 0 Å². The highest BCUT2D eigenvalue weighted by Gasteiger charge is 2.04. The fraction of sp³-hybridized carbons (Fsp3) is 0.125. The lowest BCUT2D eigenvalue weighted by atomic mass is 10.1. The van der Waals surface area contributed by atoms with Gasteiger partial charge in [-0.1, -0.05) is 41.4 Å². The molecule has 0 aliphatic heterocycles. The molecular weight excluding hydrogens is 300 g/mol. The van der Waals surface area contributed by atoms with Gasteiger partial charge >= 0.3 is 0 Å². The summed E-state index contributed by atoms with van der Waals surface area (Å²) in [6.07, 6.45) is 1.50. The Bertz CT molecular complexity index is 709. The molecule has 6 heteroatoms. The second kappa shape index (κ2) is 7.47. The van der Waals surface area contributed by atoms with E-state index in [0.717, 1.165) is 5.56 Å². The fourth-order valence-corrected chi connectivity index (χ4v) is 2.05. The highest BCUT2D eigenvalue weighted by molar-refractivity contribution is 6.30. The Morgan fingerprint density at radius 3 is 2.77 bits per heavy atom. The maximum Gasteiger partial charge on any atom is 0.211 e. The number of aryl methyl sites for hydroxylation is 1. The molecule has 2 aromatic carbocycles. The van der Waals surface area contributed by atoms with Crippen LogP contribution in [-0.2, 0) is 6.61 Å². The van der Waals surface area contributed by atoms with Crippen molar-refractivity contribution in [1.29, 1.82) is 0 Å². The summed E-state index contributed by atoms with van der Waals surface area (Å²) in [6.45, 7) is 2.49. The van der Waals surface area contributed by atoms with Crippen LogP contribution in [-0.4, -0.2) is 12.2 Å². The Labute approximate surface area is 134 Å². The van der Waals surface area contributed by atoms with Gasteiger partial charge in [0.25, 0.3) is 0 Å². The largest absolute Gasteiger partial charge is 0.488 e. The molecule has 4 N–H and O–H groups in total. The summed E-state index contributed by atoms with van der Waals surface area (Å²) in [5.41, 5.74) is 13.4. The number of hydrogen-bond donors (Lipinski definition) is 2. The second-order valence-electron chi connectivity index (χ2n) is 4.73. The molecule has 0 spiro atoms. The van der Waals surface area contributed by atoms with Crippen molar-refractivity contribution in [1.82, 2.24) is 0 Å². The van der Waals surface area contributed by atoms with Crippen LogP contribution >= 0.6 is 11.6 Å². The number of halogens is 1. The Hall–Kier alpha value is -2.53. The molecule has 22 heavy (non-hydrogen) atoms. The molecule has 2 aromatic rings.